The Morgan fingerprint density at radius 3 is 1.43 bits per heavy atom. The molecule has 0 atom stereocenters. The molecule has 4 aromatic heterocycles. The molecule has 14 aromatic rings. The van der Waals surface area contributed by atoms with E-state index in [-0.39, 0.29) is 0 Å². The van der Waals surface area contributed by atoms with Crippen molar-refractivity contribution in [3.63, 3.8) is 0 Å². The summed E-state index contributed by atoms with van der Waals surface area (Å²) in [6.07, 6.45) is 0. The fourth-order valence-corrected chi connectivity index (χ4v) is 10.6. The third-order valence-corrected chi connectivity index (χ3v) is 13.7. The Morgan fingerprint density at radius 1 is 0.250 bits per heavy atom. The van der Waals surface area contributed by atoms with Crippen molar-refractivity contribution in [2.75, 3.05) is 0 Å². The molecule has 0 N–H and O–H groups in total. The lowest BCUT2D eigenvalue weighted by Crippen LogP contribution is -1.97. The first-order chi connectivity index (χ1) is 33.7. The maximum atomic E-state index is 5.26. The highest BCUT2D eigenvalue weighted by Crippen LogP contribution is 2.43. The van der Waals surface area contributed by atoms with Gasteiger partial charge in [-0.05, 0) is 93.0 Å². The molecule has 0 aliphatic carbocycles. The van der Waals surface area contributed by atoms with Crippen molar-refractivity contribution in [1.29, 1.82) is 0 Å². The molecule has 0 unspecified atom stereocenters. The number of aromatic nitrogens is 5. The Balaban J connectivity index is 1.12. The van der Waals surface area contributed by atoms with Gasteiger partial charge in [0.2, 0.25) is 0 Å². The zero-order chi connectivity index (χ0) is 44.7. The highest BCUT2D eigenvalue weighted by molar-refractivity contribution is 6.25. The average Bonchev–Trinajstić information content (AvgIpc) is 3.93. The lowest BCUT2D eigenvalue weighted by atomic mass is 10.00. The van der Waals surface area contributed by atoms with E-state index < -0.39 is 0 Å². The number of benzene rings is 10. The zero-order valence-corrected chi connectivity index (χ0v) is 36.8. The van der Waals surface area contributed by atoms with Crippen molar-refractivity contribution >= 4 is 87.2 Å². The van der Waals surface area contributed by atoms with Gasteiger partial charge in [0, 0.05) is 54.6 Å². The SMILES string of the molecule is c1ccc(-c2ccc3c(c2)c2ccc(-c4ccccc4)cc2n3-c2ccc3c4cc5cc(c6ccccc6c6nc(-c7ccccc7)nc(n6)c6ccccc56)c4n(-c4ccccc4)c3c2)cc1. The van der Waals surface area contributed by atoms with Crippen LogP contribution in [-0.2, 0) is 0 Å². The summed E-state index contributed by atoms with van der Waals surface area (Å²) in [5, 5.41) is 11.0. The molecule has 0 saturated heterocycles. The van der Waals surface area contributed by atoms with Crippen LogP contribution in [0.1, 0.15) is 0 Å². The van der Waals surface area contributed by atoms with E-state index in [1.165, 1.54) is 38.4 Å². The van der Waals surface area contributed by atoms with Gasteiger partial charge in [-0.25, -0.2) is 15.0 Å². The second-order valence-corrected chi connectivity index (χ2v) is 17.6. The number of hydrogen-bond acceptors (Lipinski definition) is 3. The van der Waals surface area contributed by atoms with Crippen molar-refractivity contribution < 1.29 is 0 Å². The highest BCUT2D eigenvalue weighted by Gasteiger charge is 2.21. The Kier molecular flexibility index (Phi) is 8.52. The van der Waals surface area contributed by atoms with Crippen molar-refractivity contribution in [2.24, 2.45) is 0 Å². The molecular weight excluding hydrogens is 827 g/mol. The van der Waals surface area contributed by atoms with Crippen LogP contribution < -0.4 is 0 Å². The van der Waals surface area contributed by atoms with E-state index in [1.807, 2.05) is 18.2 Å². The first-order valence-corrected chi connectivity index (χ1v) is 23.1. The van der Waals surface area contributed by atoms with E-state index in [0.717, 1.165) is 76.7 Å². The summed E-state index contributed by atoms with van der Waals surface area (Å²) in [7, 11) is 0. The van der Waals surface area contributed by atoms with Crippen LogP contribution in [0.3, 0.4) is 0 Å². The summed E-state index contributed by atoms with van der Waals surface area (Å²) in [6.45, 7) is 0. The number of rotatable bonds is 5. The van der Waals surface area contributed by atoms with Gasteiger partial charge in [0.05, 0.1) is 22.1 Å². The predicted octanol–water partition coefficient (Wildman–Crippen LogP) is 16.2. The Hall–Kier alpha value is -9.19. The molecule has 0 fully saturated rings. The molecule has 4 heterocycles. The van der Waals surface area contributed by atoms with E-state index in [0.29, 0.717) is 17.1 Å². The second kappa shape index (κ2) is 15.2. The third-order valence-electron chi connectivity index (χ3n) is 13.7. The van der Waals surface area contributed by atoms with Crippen LogP contribution in [0.15, 0.2) is 237 Å². The van der Waals surface area contributed by atoms with E-state index in [2.05, 4.69) is 228 Å². The van der Waals surface area contributed by atoms with Gasteiger partial charge < -0.3 is 9.13 Å². The molecule has 14 rings (SSSR count). The van der Waals surface area contributed by atoms with Crippen LogP contribution in [0, 0.1) is 0 Å². The van der Waals surface area contributed by atoms with Crippen LogP contribution in [0.25, 0.3) is 132 Å². The Bertz CT molecular complexity index is 4350. The van der Waals surface area contributed by atoms with Crippen LogP contribution in [-0.4, -0.2) is 24.1 Å². The van der Waals surface area contributed by atoms with E-state index in [9.17, 15) is 0 Å². The van der Waals surface area contributed by atoms with Crippen molar-refractivity contribution in [3.8, 4) is 45.0 Å². The number of hydrogen-bond donors (Lipinski definition) is 0. The van der Waals surface area contributed by atoms with Crippen molar-refractivity contribution in [2.45, 2.75) is 0 Å². The maximum Gasteiger partial charge on any atom is 0.164 e. The zero-order valence-electron chi connectivity index (χ0n) is 36.8. The first-order valence-electron chi connectivity index (χ1n) is 23.1. The van der Waals surface area contributed by atoms with E-state index in [4.69, 9.17) is 15.0 Å². The van der Waals surface area contributed by atoms with Gasteiger partial charge in [-0.1, -0.05) is 182 Å². The van der Waals surface area contributed by atoms with Gasteiger partial charge in [0.25, 0.3) is 0 Å². The average molecular weight is 866 g/mol. The first kappa shape index (κ1) is 38.1. The number of fused-ring (bicyclic) bond motifs is 17. The normalized spacial score (nSPS) is 11.8. The molecule has 5 nitrogen and oxygen atoms in total. The molecule has 0 saturated carbocycles. The van der Waals surface area contributed by atoms with E-state index >= 15 is 0 Å². The van der Waals surface area contributed by atoms with Crippen LogP contribution in [0.5, 0.6) is 0 Å². The van der Waals surface area contributed by atoms with Crippen LogP contribution in [0.2, 0.25) is 0 Å². The van der Waals surface area contributed by atoms with Gasteiger partial charge in [0.15, 0.2) is 17.1 Å². The van der Waals surface area contributed by atoms with Gasteiger partial charge in [-0.3, -0.25) is 0 Å². The minimum Gasteiger partial charge on any atom is -0.309 e. The standard InChI is InChI=1S/C63H39N5/c1-5-17-40(18-6-1)43-30-34-57-54(35-43)50-32-29-44(41-19-7-2-8-20-41)38-58(50)67(57)47-31-33-51-56-37-45-36-55(60(56)68(59(51)39-47)46-23-11-4-12-24-46)49-26-14-16-28-53(49)63-65-61(42-21-9-3-10-22-42)64-62(66-63)52-27-15-13-25-48(45)52/h1-39H. The number of nitrogens with zero attached hydrogens (tertiary/aromatic N) is 5. The quantitative estimate of drug-likeness (QED) is 0.173. The van der Waals surface area contributed by atoms with Crippen molar-refractivity contribution in [1.82, 2.24) is 24.1 Å². The summed E-state index contributed by atoms with van der Waals surface area (Å²) in [5.74, 6) is 0.646. The topological polar surface area (TPSA) is 48.5 Å². The molecule has 316 valence electrons. The molecule has 0 aliphatic heterocycles. The summed E-state index contributed by atoms with van der Waals surface area (Å²) < 4.78 is 4.92. The molecule has 4 bridgehead atoms. The lowest BCUT2D eigenvalue weighted by Gasteiger charge is -2.13. The second-order valence-electron chi connectivity index (χ2n) is 17.6. The summed E-state index contributed by atoms with van der Waals surface area (Å²) in [5.41, 5.74) is 13.7. The fraction of sp³-hybridized carbons (Fsp3) is 0. The Morgan fingerprint density at radius 2 is 0.750 bits per heavy atom. The van der Waals surface area contributed by atoms with Crippen LogP contribution in [0.4, 0.5) is 0 Å². The molecule has 0 spiro atoms. The Labute approximate surface area is 391 Å². The molecule has 5 heteroatoms. The largest absolute Gasteiger partial charge is 0.309 e. The molecule has 0 radical (unpaired) electrons. The van der Waals surface area contributed by atoms with Gasteiger partial charge >= 0.3 is 0 Å². The summed E-state index contributed by atoms with van der Waals surface area (Å²) in [6, 6.07) is 85.1. The lowest BCUT2D eigenvalue weighted by molar-refractivity contribution is 1.16. The van der Waals surface area contributed by atoms with Gasteiger partial charge in [0.1, 0.15) is 0 Å². The molecular formula is C63H39N5. The van der Waals surface area contributed by atoms with Gasteiger partial charge in [-0.2, -0.15) is 0 Å². The van der Waals surface area contributed by atoms with E-state index in [1.54, 1.807) is 0 Å². The highest BCUT2D eigenvalue weighted by atomic mass is 15.0. The molecule has 10 aromatic carbocycles. The molecule has 68 heavy (non-hydrogen) atoms. The molecule has 0 aliphatic rings. The fourth-order valence-electron chi connectivity index (χ4n) is 10.6. The third kappa shape index (κ3) is 5.99. The predicted molar refractivity (Wildman–Crippen MR) is 284 cm³/mol. The minimum absolute atomic E-state index is 0.640. The molecule has 0 amide bonds. The summed E-state index contributed by atoms with van der Waals surface area (Å²) >= 11 is 0. The summed E-state index contributed by atoms with van der Waals surface area (Å²) in [4.78, 5) is 15.6. The maximum absolute atomic E-state index is 5.26. The van der Waals surface area contributed by atoms with Crippen LogP contribution >= 0.6 is 0 Å². The minimum atomic E-state index is 0.640. The monoisotopic (exact) mass is 865 g/mol. The van der Waals surface area contributed by atoms with Crippen molar-refractivity contribution in [3.05, 3.63) is 237 Å². The van der Waals surface area contributed by atoms with Gasteiger partial charge in [-0.15, -0.1) is 0 Å². The number of para-hydroxylation sites is 1. The smallest absolute Gasteiger partial charge is 0.164 e.